The number of likely N-dealkylation sites (tertiary alicyclic amines) is 1. The van der Waals surface area contributed by atoms with Gasteiger partial charge in [0.2, 0.25) is 0 Å². The molecule has 0 spiro atoms. The number of hydrogen-bond acceptors (Lipinski definition) is 4. The normalized spacial score (nSPS) is 15.1. The highest BCUT2D eigenvalue weighted by Gasteiger charge is 2.25. The number of carboxylic acid groups (broad SMARTS) is 1. The smallest absolute Gasteiger partial charge is 0.338 e. The first-order valence-corrected chi connectivity index (χ1v) is 8.38. The number of aryl methyl sites for hydroxylation is 1. The average Bonchev–Trinajstić information content (AvgIpc) is 3.13. The van der Waals surface area contributed by atoms with Crippen molar-refractivity contribution in [3.63, 3.8) is 0 Å². The van der Waals surface area contributed by atoms with E-state index in [4.69, 9.17) is 9.84 Å². The van der Waals surface area contributed by atoms with Gasteiger partial charge in [0.15, 0.2) is 18.2 Å². The van der Waals surface area contributed by atoms with E-state index in [1.807, 2.05) is 6.92 Å². The summed E-state index contributed by atoms with van der Waals surface area (Å²) < 4.78 is 20.6. The van der Waals surface area contributed by atoms with Crippen LogP contribution in [0.15, 0.2) is 30.6 Å². The summed E-state index contributed by atoms with van der Waals surface area (Å²) in [5, 5.41) is 13.0. The number of piperidine rings is 1. The molecule has 26 heavy (non-hydrogen) atoms. The summed E-state index contributed by atoms with van der Waals surface area (Å²) in [5.41, 5.74) is 1.01. The molecule has 1 aromatic heterocycles. The van der Waals surface area contributed by atoms with Gasteiger partial charge in [-0.1, -0.05) is 6.07 Å². The van der Waals surface area contributed by atoms with E-state index in [0.717, 1.165) is 5.56 Å². The van der Waals surface area contributed by atoms with Gasteiger partial charge in [-0.15, -0.1) is 0 Å². The number of carbonyl (C=O) groups is 2. The SMILES string of the molecule is Cc1ccc(F)c(OCC(=O)N2CCC(n3cc(C(=O)O)cn3)CC2)c1. The predicted molar refractivity (Wildman–Crippen MR) is 90.7 cm³/mol. The Morgan fingerprint density at radius 3 is 2.73 bits per heavy atom. The number of ether oxygens (including phenoxy) is 1. The van der Waals surface area contributed by atoms with E-state index in [-0.39, 0.29) is 29.9 Å². The third kappa shape index (κ3) is 4.01. The van der Waals surface area contributed by atoms with Crippen molar-refractivity contribution in [1.29, 1.82) is 0 Å². The highest BCUT2D eigenvalue weighted by molar-refractivity contribution is 5.86. The molecule has 3 rings (SSSR count). The average molecular weight is 361 g/mol. The van der Waals surface area contributed by atoms with Gasteiger partial charge in [-0.3, -0.25) is 9.48 Å². The lowest BCUT2D eigenvalue weighted by Crippen LogP contribution is -2.41. The molecular weight excluding hydrogens is 341 g/mol. The van der Waals surface area contributed by atoms with E-state index >= 15 is 0 Å². The van der Waals surface area contributed by atoms with Crippen molar-refractivity contribution in [2.24, 2.45) is 0 Å². The maximum absolute atomic E-state index is 13.7. The molecular formula is C18H20FN3O4. The molecule has 1 aliphatic heterocycles. The fraction of sp³-hybridized carbons (Fsp3) is 0.389. The molecule has 2 heterocycles. The number of carboxylic acids is 1. The summed E-state index contributed by atoms with van der Waals surface area (Å²) in [6, 6.07) is 4.57. The molecule has 0 radical (unpaired) electrons. The molecule has 1 N–H and O–H groups in total. The number of benzene rings is 1. The summed E-state index contributed by atoms with van der Waals surface area (Å²) >= 11 is 0. The lowest BCUT2D eigenvalue weighted by atomic mass is 10.1. The minimum absolute atomic E-state index is 0.0577. The van der Waals surface area contributed by atoms with Crippen molar-refractivity contribution in [3.05, 3.63) is 47.5 Å². The number of nitrogens with zero attached hydrogens (tertiary/aromatic N) is 3. The Morgan fingerprint density at radius 2 is 2.08 bits per heavy atom. The molecule has 0 unspecified atom stereocenters. The van der Waals surface area contributed by atoms with Crippen molar-refractivity contribution < 1.29 is 23.8 Å². The van der Waals surface area contributed by atoms with E-state index in [0.29, 0.717) is 25.9 Å². The lowest BCUT2D eigenvalue weighted by molar-refractivity contribution is -0.134. The molecule has 1 aliphatic rings. The maximum Gasteiger partial charge on any atom is 0.338 e. The number of amides is 1. The topological polar surface area (TPSA) is 84.7 Å². The Morgan fingerprint density at radius 1 is 1.35 bits per heavy atom. The van der Waals surface area contributed by atoms with Crippen LogP contribution in [-0.2, 0) is 4.79 Å². The van der Waals surface area contributed by atoms with E-state index in [9.17, 15) is 14.0 Å². The lowest BCUT2D eigenvalue weighted by Gasteiger charge is -2.32. The van der Waals surface area contributed by atoms with Gasteiger partial charge in [0, 0.05) is 19.3 Å². The Kier molecular flexibility index (Phi) is 5.20. The summed E-state index contributed by atoms with van der Waals surface area (Å²) in [5.74, 6) is -1.62. The molecule has 0 bridgehead atoms. The van der Waals surface area contributed by atoms with E-state index in [1.165, 1.54) is 18.5 Å². The van der Waals surface area contributed by atoms with Crippen molar-refractivity contribution in [1.82, 2.24) is 14.7 Å². The second-order valence-electron chi connectivity index (χ2n) is 6.35. The summed E-state index contributed by atoms with van der Waals surface area (Å²) in [7, 11) is 0. The van der Waals surface area contributed by atoms with Crippen LogP contribution in [-0.4, -0.2) is 51.4 Å². The number of hydrogen-bond donors (Lipinski definition) is 1. The fourth-order valence-corrected chi connectivity index (χ4v) is 2.98. The molecule has 1 amide bonds. The maximum atomic E-state index is 13.7. The Balaban J connectivity index is 1.51. The number of aromatic carboxylic acids is 1. The molecule has 7 nitrogen and oxygen atoms in total. The second-order valence-corrected chi connectivity index (χ2v) is 6.35. The van der Waals surface area contributed by atoms with Crippen LogP contribution in [0.2, 0.25) is 0 Å². The van der Waals surface area contributed by atoms with Crippen molar-refractivity contribution in [2.75, 3.05) is 19.7 Å². The van der Waals surface area contributed by atoms with Gasteiger partial charge in [0.1, 0.15) is 0 Å². The van der Waals surface area contributed by atoms with Gasteiger partial charge < -0.3 is 14.7 Å². The van der Waals surface area contributed by atoms with Crippen LogP contribution >= 0.6 is 0 Å². The molecule has 1 aromatic carbocycles. The quantitative estimate of drug-likeness (QED) is 0.883. The Hall–Kier alpha value is -2.90. The third-order valence-electron chi connectivity index (χ3n) is 4.48. The number of carbonyl (C=O) groups excluding carboxylic acids is 1. The summed E-state index contributed by atoms with van der Waals surface area (Å²) in [6.07, 6.45) is 4.18. The van der Waals surface area contributed by atoms with Gasteiger partial charge in [0.25, 0.3) is 5.91 Å². The van der Waals surface area contributed by atoms with Gasteiger partial charge >= 0.3 is 5.97 Å². The van der Waals surface area contributed by atoms with Gasteiger partial charge in [-0.25, -0.2) is 9.18 Å². The zero-order chi connectivity index (χ0) is 18.7. The van der Waals surface area contributed by atoms with Crippen LogP contribution in [0.25, 0.3) is 0 Å². The number of halogens is 1. The zero-order valence-electron chi connectivity index (χ0n) is 14.4. The first-order valence-electron chi connectivity index (χ1n) is 8.38. The minimum atomic E-state index is -1.01. The van der Waals surface area contributed by atoms with Crippen molar-refractivity contribution >= 4 is 11.9 Å². The third-order valence-corrected chi connectivity index (χ3v) is 4.48. The van der Waals surface area contributed by atoms with E-state index < -0.39 is 11.8 Å². The monoisotopic (exact) mass is 361 g/mol. The molecule has 2 aromatic rings. The summed E-state index contributed by atoms with van der Waals surface area (Å²) in [6.45, 7) is 2.65. The fourth-order valence-electron chi connectivity index (χ4n) is 2.98. The van der Waals surface area contributed by atoms with Crippen LogP contribution in [0.1, 0.15) is 34.8 Å². The largest absolute Gasteiger partial charge is 0.481 e. The highest BCUT2D eigenvalue weighted by atomic mass is 19.1. The number of aromatic nitrogens is 2. The van der Waals surface area contributed by atoms with Crippen LogP contribution in [0.5, 0.6) is 5.75 Å². The van der Waals surface area contributed by atoms with Crippen molar-refractivity contribution in [3.8, 4) is 5.75 Å². The molecule has 0 atom stereocenters. The molecule has 1 fully saturated rings. The highest BCUT2D eigenvalue weighted by Crippen LogP contribution is 2.23. The van der Waals surface area contributed by atoms with Crippen molar-refractivity contribution in [2.45, 2.75) is 25.8 Å². The Bertz CT molecular complexity index is 813. The minimum Gasteiger partial charge on any atom is -0.481 e. The zero-order valence-corrected chi connectivity index (χ0v) is 14.4. The van der Waals surface area contributed by atoms with Crippen LogP contribution in [0.3, 0.4) is 0 Å². The Labute approximate surface area is 150 Å². The molecule has 0 saturated carbocycles. The molecule has 138 valence electrons. The van der Waals surface area contributed by atoms with Crippen LogP contribution in [0, 0.1) is 12.7 Å². The van der Waals surface area contributed by atoms with Gasteiger partial charge in [0.05, 0.1) is 17.8 Å². The first kappa shape index (κ1) is 17.9. The van der Waals surface area contributed by atoms with Gasteiger partial charge in [-0.05, 0) is 37.5 Å². The first-order chi connectivity index (χ1) is 12.4. The van der Waals surface area contributed by atoms with Crippen LogP contribution in [0.4, 0.5) is 4.39 Å². The van der Waals surface area contributed by atoms with Gasteiger partial charge in [-0.2, -0.15) is 5.10 Å². The number of rotatable bonds is 5. The second kappa shape index (κ2) is 7.55. The van der Waals surface area contributed by atoms with E-state index in [2.05, 4.69) is 5.10 Å². The molecule has 8 heteroatoms. The molecule has 0 aliphatic carbocycles. The predicted octanol–water partition coefficient (Wildman–Crippen LogP) is 2.27. The van der Waals surface area contributed by atoms with E-state index in [1.54, 1.807) is 21.7 Å². The van der Waals surface area contributed by atoms with Crippen LogP contribution < -0.4 is 4.74 Å². The standard InChI is InChI=1S/C18H20FN3O4/c1-12-2-3-15(19)16(8-12)26-11-17(23)21-6-4-14(5-7-21)22-10-13(9-20-22)18(24)25/h2-3,8-10,14H,4-7,11H2,1H3,(H,24,25). The summed E-state index contributed by atoms with van der Waals surface area (Å²) in [4.78, 5) is 24.9. The molecule has 1 saturated heterocycles.